The predicted octanol–water partition coefficient (Wildman–Crippen LogP) is 4.45. The normalized spacial score (nSPS) is 12.3. The molecular formula is C20H24N2O3. The summed E-state index contributed by atoms with van der Waals surface area (Å²) in [7, 11) is 0. The Labute approximate surface area is 148 Å². The summed E-state index contributed by atoms with van der Waals surface area (Å²) in [4.78, 5) is 26.2. The van der Waals surface area contributed by atoms with Gasteiger partial charge in [0.25, 0.3) is 5.91 Å². The highest BCUT2D eigenvalue weighted by molar-refractivity contribution is 5.97. The van der Waals surface area contributed by atoms with Crippen LogP contribution in [0.2, 0.25) is 0 Å². The molecule has 0 aliphatic carbocycles. The quantitative estimate of drug-likeness (QED) is 0.863. The van der Waals surface area contributed by atoms with Gasteiger partial charge in [0.15, 0.2) is 0 Å². The van der Waals surface area contributed by atoms with Gasteiger partial charge in [0.2, 0.25) is 0 Å². The van der Waals surface area contributed by atoms with Crippen molar-refractivity contribution in [1.29, 1.82) is 0 Å². The fraction of sp³-hybridized carbons (Fsp3) is 0.300. The molecule has 0 saturated carbocycles. The first kappa shape index (κ1) is 18.5. The fourth-order valence-electron chi connectivity index (χ4n) is 2.75. The Morgan fingerprint density at radius 2 is 1.56 bits per heavy atom. The Bertz CT molecular complexity index is 751. The molecule has 132 valence electrons. The second kappa shape index (κ2) is 7.38. The van der Waals surface area contributed by atoms with Crippen LogP contribution in [0.25, 0.3) is 0 Å². The van der Waals surface area contributed by atoms with E-state index in [1.807, 2.05) is 31.2 Å². The Kier molecular flexibility index (Phi) is 5.47. The minimum absolute atomic E-state index is 0.377. The summed E-state index contributed by atoms with van der Waals surface area (Å²) in [6.45, 7) is 7.22. The summed E-state index contributed by atoms with van der Waals surface area (Å²) in [5.74, 6) is -0.377. The van der Waals surface area contributed by atoms with Crippen LogP contribution in [0, 0.1) is 6.92 Å². The number of hydrogen-bond donors (Lipinski definition) is 2. The van der Waals surface area contributed by atoms with Gasteiger partial charge in [-0.15, -0.1) is 0 Å². The first-order valence-corrected chi connectivity index (χ1v) is 8.15. The molecule has 2 aromatic carbocycles. The zero-order valence-electron chi connectivity index (χ0n) is 15.0. The number of aryl methyl sites for hydroxylation is 1. The van der Waals surface area contributed by atoms with Crippen molar-refractivity contribution in [2.75, 3.05) is 5.32 Å². The molecule has 2 rings (SSSR count). The summed E-state index contributed by atoms with van der Waals surface area (Å²) < 4.78 is 0. The molecular weight excluding hydrogens is 316 g/mol. The topological polar surface area (TPSA) is 69.6 Å². The number of anilines is 1. The molecule has 0 aromatic heterocycles. The fourth-order valence-corrected chi connectivity index (χ4v) is 2.75. The molecule has 0 saturated heterocycles. The van der Waals surface area contributed by atoms with Gasteiger partial charge in [-0.3, -0.25) is 9.69 Å². The van der Waals surface area contributed by atoms with E-state index in [-0.39, 0.29) is 5.91 Å². The maximum absolute atomic E-state index is 13.0. The molecule has 0 heterocycles. The van der Waals surface area contributed by atoms with Gasteiger partial charge in [-0.1, -0.05) is 48.5 Å². The molecule has 5 nitrogen and oxygen atoms in total. The number of rotatable bonds is 4. The van der Waals surface area contributed by atoms with Gasteiger partial charge < -0.3 is 10.4 Å². The number of carboxylic acid groups (broad SMARTS) is 1. The number of carbonyl (C=O) groups excluding carboxylic acids is 1. The Morgan fingerprint density at radius 3 is 2.08 bits per heavy atom. The summed E-state index contributed by atoms with van der Waals surface area (Å²) in [5, 5.41) is 12.6. The zero-order chi connectivity index (χ0) is 18.6. The zero-order valence-corrected chi connectivity index (χ0v) is 15.0. The highest BCUT2D eigenvalue weighted by Crippen LogP contribution is 2.30. The van der Waals surface area contributed by atoms with E-state index in [1.165, 1.54) is 4.90 Å². The van der Waals surface area contributed by atoms with Crippen molar-refractivity contribution in [3.63, 3.8) is 0 Å². The van der Waals surface area contributed by atoms with E-state index in [0.717, 1.165) is 5.56 Å². The third-order valence-electron chi connectivity index (χ3n) is 3.95. The average Bonchev–Trinajstić information content (AvgIpc) is 2.53. The van der Waals surface area contributed by atoms with Crippen LogP contribution in [0.15, 0.2) is 54.6 Å². The predicted molar refractivity (Wildman–Crippen MR) is 98.6 cm³/mol. The third-order valence-corrected chi connectivity index (χ3v) is 3.95. The summed E-state index contributed by atoms with van der Waals surface area (Å²) in [6, 6.07) is 15.4. The van der Waals surface area contributed by atoms with Gasteiger partial charge >= 0.3 is 6.09 Å². The SMILES string of the molecule is Cc1ccccc1NC(=O)[C@@H](c1ccccc1)N(C(=O)O)C(C)(C)C. The van der Waals surface area contributed by atoms with Crippen LogP contribution in [0.1, 0.15) is 37.9 Å². The molecule has 25 heavy (non-hydrogen) atoms. The van der Waals surface area contributed by atoms with Gasteiger partial charge in [-0.05, 0) is 44.9 Å². The molecule has 0 bridgehead atoms. The molecule has 2 N–H and O–H groups in total. The minimum Gasteiger partial charge on any atom is -0.465 e. The largest absolute Gasteiger partial charge is 0.465 e. The number of benzene rings is 2. The molecule has 0 unspecified atom stereocenters. The molecule has 0 aliphatic rings. The van der Waals surface area contributed by atoms with E-state index >= 15 is 0 Å². The van der Waals surface area contributed by atoms with Crippen molar-refractivity contribution in [3.05, 3.63) is 65.7 Å². The number of carbonyl (C=O) groups is 2. The monoisotopic (exact) mass is 340 g/mol. The van der Waals surface area contributed by atoms with Crippen molar-refractivity contribution in [2.24, 2.45) is 0 Å². The lowest BCUT2D eigenvalue weighted by molar-refractivity contribution is -0.122. The molecule has 0 fully saturated rings. The minimum atomic E-state index is -1.14. The lowest BCUT2D eigenvalue weighted by Crippen LogP contribution is -2.50. The molecule has 2 amide bonds. The molecule has 0 aliphatic heterocycles. The molecule has 5 heteroatoms. The van der Waals surface area contributed by atoms with E-state index in [1.54, 1.807) is 51.1 Å². The van der Waals surface area contributed by atoms with Crippen LogP contribution < -0.4 is 5.32 Å². The highest BCUT2D eigenvalue weighted by atomic mass is 16.4. The van der Waals surface area contributed by atoms with Crippen molar-refractivity contribution in [1.82, 2.24) is 4.90 Å². The standard InChI is InChI=1S/C20H24N2O3/c1-14-10-8-9-13-16(14)21-18(23)17(15-11-6-5-7-12-15)22(19(24)25)20(2,3)4/h5-13,17H,1-4H3,(H,21,23)(H,24,25)/t17-/m1/s1. The van der Waals surface area contributed by atoms with Crippen LogP contribution in [0.4, 0.5) is 10.5 Å². The van der Waals surface area contributed by atoms with Gasteiger partial charge in [0.1, 0.15) is 6.04 Å². The second-order valence-corrected chi connectivity index (χ2v) is 6.94. The molecule has 0 radical (unpaired) electrons. The Morgan fingerprint density at radius 1 is 1.00 bits per heavy atom. The second-order valence-electron chi connectivity index (χ2n) is 6.94. The molecule has 2 aromatic rings. The van der Waals surface area contributed by atoms with E-state index in [2.05, 4.69) is 5.32 Å². The van der Waals surface area contributed by atoms with Gasteiger partial charge in [0, 0.05) is 11.2 Å². The van der Waals surface area contributed by atoms with E-state index < -0.39 is 17.7 Å². The summed E-state index contributed by atoms with van der Waals surface area (Å²) in [6.07, 6.45) is -1.14. The number of para-hydroxylation sites is 1. The van der Waals surface area contributed by atoms with Crippen molar-refractivity contribution >= 4 is 17.7 Å². The summed E-state index contributed by atoms with van der Waals surface area (Å²) >= 11 is 0. The van der Waals surface area contributed by atoms with Crippen LogP contribution in [0.3, 0.4) is 0 Å². The third kappa shape index (κ3) is 4.38. The maximum atomic E-state index is 13.0. The number of nitrogens with zero attached hydrogens (tertiary/aromatic N) is 1. The first-order chi connectivity index (χ1) is 11.7. The lowest BCUT2D eigenvalue weighted by atomic mass is 9.97. The van der Waals surface area contributed by atoms with Crippen molar-refractivity contribution < 1.29 is 14.7 Å². The van der Waals surface area contributed by atoms with Gasteiger partial charge in [0.05, 0.1) is 0 Å². The van der Waals surface area contributed by atoms with Crippen LogP contribution in [-0.4, -0.2) is 27.5 Å². The summed E-state index contributed by atoms with van der Waals surface area (Å²) in [5.41, 5.74) is 1.48. The van der Waals surface area contributed by atoms with E-state index in [9.17, 15) is 14.7 Å². The van der Waals surface area contributed by atoms with Crippen molar-refractivity contribution in [2.45, 2.75) is 39.3 Å². The van der Waals surface area contributed by atoms with Crippen LogP contribution >= 0.6 is 0 Å². The Balaban J connectivity index is 2.46. The molecule has 0 spiro atoms. The number of hydrogen-bond acceptors (Lipinski definition) is 2. The van der Waals surface area contributed by atoms with Gasteiger partial charge in [-0.2, -0.15) is 0 Å². The maximum Gasteiger partial charge on any atom is 0.408 e. The number of amides is 2. The number of nitrogens with one attached hydrogen (secondary N) is 1. The Hall–Kier alpha value is -2.82. The smallest absolute Gasteiger partial charge is 0.408 e. The highest BCUT2D eigenvalue weighted by Gasteiger charge is 2.38. The molecule has 1 atom stereocenters. The average molecular weight is 340 g/mol. The van der Waals surface area contributed by atoms with Crippen LogP contribution in [0.5, 0.6) is 0 Å². The van der Waals surface area contributed by atoms with E-state index in [4.69, 9.17) is 0 Å². The lowest BCUT2D eigenvalue weighted by Gasteiger charge is -2.39. The van der Waals surface area contributed by atoms with Crippen LogP contribution in [-0.2, 0) is 4.79 Å². The van der Waals surface area contributed by atoms with Crippen molar-refractivity contribution in [3.8, 4) is 0 Å². The van der Waals surface area contributed by atoms with Gasteiger partial charge in [-0.25, -0.2) is 4.79 Å². The first-order valence-electron chi connectivity index (χ1n) is 8.15. The van der Waals surface area contributed by atoms with E-state index in [0.29, 0.717) is 11.3 Å².